The molecule has 28 heavy (non-hydrogen) atoms. The quantitative estimate of drug-likeness (QED) is 0.183. The van der Waals surface area contributed by atoms with Crippen molar-refractivity contribution in [3.63, 3.8) is 0 Å². The molecule has 2 unspecified atom stereocenters. The average molecular weight is 429 g/mol. The van der Waals surface area contributed by atoms with Gasteiger partial charge in [0.05, 0.1) is 16.2 Å². The molecule has 6 heteroatoms. The van der Waals surface area contributed by atoms with Crippen molar-refractivity contribution in [3.8, 4) is 0 Å². The maximum Gasteiger partial charge on any atom is 1.00 e. The Morgan fingerprint density at radius 1 is 0.643 bits per heavy atom. The predicted molar refractivity (Wildman–Crippen MR) is 114 cm³/mol. The molecule has 0 aromatic heterocycles. The number of aliphatic hydroxyl groups is 1. The monoisotopic (exact) mass is 428 g/mol. The van der Waals surface area contributed by atoms with Crippen LogP contribution in [0.1, 0.15) is 129 Å². The molecule has 0 bridgehead atoms. The van der Waals surface area contributed by atoms with Crippen molar-refractivity contribution in [1.82, 2.24) is 0 Å². The van der Waals surface area contributed by atoms with E-state index in [-0.39, 0.29) is 35.7 Å². The second kappa shape index (κ2) is 21.1. The molecule has 0 amide bonds. The van der Waals surface area contributed by atoms with Crippen LogP contribution in [0.4, 0.5) is 0 Å². The van der Waals surface area contributed by atoms with Crippen LogP contribution in [-0.4, -0.2) is 29.4 Å². The van der Waals surface area contributed by atoms with E-state index < -0.39 is 15.4 Å². The smallest absolute Gasteiger partial charge is 0.748 e. The van der Waals surface area contributed by atoms with E-state index in [9.17, 15) is 18.1 Å². The van der Waals surface area contributed by atoms with Crippen LogP contribution >= 0.6 is 0 Å². The minimum absolute atomic E-state index is 0. The molecule has 2 atom stereocenters. The Kier molecular flexibility index (Phi) is 23.4. The van der Waals surface area contributed by atoms with Crippen LogP contribution in [-0.2, 0) is 10.1 Å². The van der Waals surface area contributed by atoms with Gasteiger partial charge in [-0.3, -0.25) is 0 Å². The van der Waals surface area contributed by atoms with Crippen molar-refractivity contribution in [1.29, 1.82) is 0 Å². The second-order valence-corrected chi connectivity index (χ2v) is 9.82. The third-order valence-electron chi connectivity index (χ3n) is 5.49. The van der Waals surface area contributed by atoms with E-state index in [1.807, 2.05) is 0 Å². The summed E-state index contributed by atoms with van der Waals surface area (Å²) in [7, 11) is -4.19. The third kappa shape index (κ3) is 20.2. The zero-order valence-corrected chi connectivity index (χ0v) is 21.8. The molecule has 0 saturated carbocycles. The molecular weight excluding hydrogens is 383 g/mol. The van der Waals surface area contributed by atoms with E-state index in [0.29, 0.717) is 12.8 Å². The van der Waals surface area contributed by atoms with Crippen molar-refractivity contribution in [2.45, 2.75) is 141 Å². The molecular formula is C22H45NaO4S. The van der Waals surface area contributed by atoms with Gasteiger partial charge in [-0.15, -0.1) is 0 Å². The standard InChI is InChI=1S/C22H46O4S.Na/c1-3-5-7-8-9-10-11-15-19-22(27(24,25)26)20-16-12-14-18-21(23)17-13-6-4-2;/h21-23H,3-20H2,1-2H3,(H,24,25,26);/q;+1/p-1. The van der Waals surface area contributed by atoms with Crippen molar-refractivity contribution >= 4 is 10.1 Å². The minimum Gasteiger partial charge on any atom is -0.748 e. The molecule has 0 aromatic carbocycles. The first-order valence-electron chi connectivity index (χ1n) is 11.5. The summed E-state index contributed by atoms with van der Waals surface area (Å²) >= 11 is 0. The van der Waals surface area contributed by atoms with Crippen LogP contribution in [0.15, 0.2) is 0 Å². The normalized spacial score (nSPS) is 13.9. The van der Waals surface area contributed by atoms with Crippen LogP contribution in [0, 0.1) is 0 Å². The summed E-state index contributed by atoms with van der Waals surface area (Å²) in [5, 5.41) is 9.19. The van der Waals surface area contributed by atoms with Crippen LogP contribution < -0.4 is 29.6 Å². The number of hydrogen-bond acceptors (Lipinski definition) is 4. The minimum atomic E-state index is -4.19. The molecule has 0 aliphatic heterocycles. The molecule has 0 aliphatic rings. The van der Waals surface area contributed by atoms with Gasteiger partial charge in [0.15, 0.2) is 0 Å². The fourth-order valence-electron chi connectivity index (χ4n) is 3.64. The summed E-state index contributed by atoms with van der Waals surface area (Å²) in [6, 6.07) is 0. The van der Waals surface area contributed by atoms with Crippen molar-refractivity contribution < 1.29 is 47.6 Å². The molecule has 0 radical (unpaired) electrons. The molecule has 0 aromatic rings. The Balaban J connectivity index is 0. The van der Waals surface area contributed by atoms with E-state index in [2.05, 4.69) is 13.8 Å². The summed E-state index contributed by atoms with van der Waals surface area (Å²) in [6.45, 7) is 4.36. The van der Waals surface area contributed by atoms with Crippen LogP contribution in [0.25, 0.3) is 0 Å². The van der Waals surface area contributed by atoms with Crippen molar-refractivity contribution in [2.75, 3.05) is 0 Å². The van der Waals surface area contributed by atoms with Crippen LogP contribution in [0.3, 0.4) is 0 Å². The SMILES string of the molecule is CCCCCCCCCCC(CCCCCC(O)CCCCC)S(=O)(=O)[O-].[Na+]. The summed E-state index contributed by atoms with van der Waals surface area (Å²) in [5.41, 5.74) is 0. The fraction of sp³-hybridized carbons (Fsp3) is 1.00. The molecule has 4 nitrogen and oxygen atoms in total. The summed E-state index contributed by atoms with van der Waals surface area (Å²) in [5.74, 6) is 0. The summed E-state index contributed by atoms with van der Waals surface area (Å²) in [6.07, 6.45) is 17.7. The van der Waals surface area contributed by atoms with Gasteiger partial charge in [0, 0.05) is 5.25 Å². The maximum absolute atomic E-state index is 11.5. The number of unbranched alkanes of at least 4 members (excludes halogenated alkanes) is 11. The molecule has 0 rings (SSSR count). The van der Waals surface area contributed by atoms with Gasteiger partial charge >= 0.3 is 29.6 Å². The van der Waals surface area contributed by atoms with Gasteiger partial charge < -0.3 is 9.66 Å². The Hall–Kier alpha value is 0.870. The zero-order valence-electron chi connectivity index (χ0n) is 19.0. The van der Waals surface area contributed by atoms with E-state index in [1.54, 1.807) is 0 Å². The topological polar surface area (TPSA) is 77.4 Å². The van der Waals surface area contributed by atoms with E-state index >= 15 is 0 Å². The van der Waals surface area contributed by atoms with Gasteiger partial charge in [0.2, 0.25) is 0 Å². The van der Waals surface area contributed by atoms with Crippen LogP contribution in [0.5, 0.6) is 0 Å². The van der Waals surface area contributed by atoms with E-state index in [1.165, 1.54) is 38.5 Å². The first kappa shape index (κ1) is 31.1. The molecule has 0 heterocycles. The van der Waals surface area contributed by atoms with E-state index in [0.717, 1.165) is 64.2 Å². The number of hydrogen-bond donors (Lipinski definition) is 1. The molecule has 0 spiro atoms. The van der Waals surface area contributed by atoms with Crippen molar-refractivity contribution in [2.24, 2.45) is 0 Å². The molecule has 164 valence electrons. The Bertz CT molecular complexity index is 415. The first-order valence-corrected chi connectivity index (χ1v) is 13.0. The predicted octanol–water partition coefficient (Wildman–Crippen LogP) is 3.33. The second-order valence-electron chi connectivity index (χ2n) is 8.17. The van der Waals surface area contributed by atoms with Crippen LogP contribution in [0.2, 0.25) is 0 Å². The molecule has 0 aliphatic carbocycles. The van der Waals surface area contributed by atoms with Gasteiger partial charge in [-0.2, -0.15) is 0 Å². The zero-order chi connectivity index (χ0) is 20.4. The van der Waals surface area contributed by atoms with Crippen molar-refractivity contribution in [3.05, 3.63) is 0 Å². The van der Waals surface area contributed by atoms with Gasteiger partial charge in [0.25, 0.3) is 0 Å². The Morgan fingerprint density at radius 2 is 0.964 bits per heavy atom. The number of rotatable bonds is 20. The van der Waals surface area contributed by atoms with Gasteiger partial charge in [0.1, 0.15) is 0 Å². The number of aliphatic hydroxyl groups excluding tert-OH is 1. The first-order chi connectivity index (χ1) is 12.9. The Labute approximate surface area is 197 Å². The molecule has 0 saturated heterocycles. The molecule has 0 fully saturated rings. The maximum atomic E-state index is 11.5. The summed E-state index contributed by atoms with van der Waals surface area (Å²) < 4.78 is 34.5. The molecule has 1 N–H and O–H groups in total. The summed E-state index contributed by atoms with van der Waals surface area (Å²) in [4.78, 5) is 0. The third-order valence-corrected chi connectivity index (χ3v) is 6.78. The van der Waals surface area contributed by atoms with Gasteiger partial charge in [-0.1, -0.05) is 104 Å². The Morgan fingerprint density at radius 3 is 1.43 bits per heavy atom. The largest absolute Gasteiger partial charge is 1.00 e. The van der Waals surface area contributed by atoms with E-state index in [4.69, 9.17) is 0 Å². The van der Waals surface area contributed by atoms with Gasteiger partial charge in [-0.05, 0) is 25.7 Å². The average Bonchev–Trinajstić information content (AvgIpc) is 2.61. The van der Waals surface area contributed by atoms with Gasteiger partial charge in [-0.25, -0.2) is 8.42 Å². The fourth-order valence-corrected chi connectivity index (χ4v) is 4.55.